The van der Waals surface area contributed by atoms with Gasteiger partial charge in [-0.25, -0.2) is 0 Å². The van der Waals surface area contributed by atoms with E-state index in [9.17, 15) is 14.4 Å². The molecule has 0 fully saturated rings. The highest BCUT2D eigenvalue weighted by Gasteiger charge is 2.10. The maximum Gasteiger partial charge on any atom is 0.320 e. The molecule has 0 saturated carbocycles. The molecule has 0 aromatic rings. The first-order valence-corrected chi connectivity index (χ1v) is 5.70. The summed E-state index contributed by atoms with van der Waals surface area (Å²) < 4.78 is 0. The van der Waals surface area contributed by atoms with E-state index >= 15 is 0 Å². The van der Waals surface area contributed by atoms with Crippen LogP contribution < -0.4 is 16.6 Å². The van der Waals surface area contributed by atoms with E-state index in [-0.39, 0.29) is 17.6 Å². The molecule has 7 nitrogen and oxygen atoms in total. The molecule has 1 atom stereocenters. The highest BCUT2D eigenvalue weighted by Crippen LogP contribution is 2.03. The van der Waals surface area contributed by atoms with Gasteiger partial charge < -0.3 is 10.8 Å². The van der Waals surface area contributed by atoms with Gasteiger partial charge in [0, 0.05) is 6.92 Å². The van der Waals surface area contributed by atoms with E-state index < -0.39 is 12.0 Å². The number of aliphatic carboxylic acids is 1. The number of carboxylic acid groups (broad SMARTS) is 1. The number of thioether (sulfide) groups is 1. The molecular formula is C8H15N3O4S. The van der Waals surface area contributed by atoms with Crippen molar-refractivity contribution in [1.82, 2.24) is 10.9 Å². The molecule has 0 spiro atoms. The molecule has 0 bridgehead atoms. The van der Waals surface area contributed by atoms with Gasteiger partial charge in [-0.3, -0.25) is 25.2 Å². The molecule has 92 valence electrons. The molecule has 8 heteroatoms. The second-order valence-electron chi connectivity index (χ2n) is 3.02. The summed E-state index contributed by atoms with van der Waals surface area (Å²) in [4.78, 5) is 31.8. The van der Waals surface area contributed by atoms with Gasteiger partial charge in [0.05, 0.1) is 5.75 Å². The molecule has 0 heterocycles. The second kappa shape index (κ2) is 7.94. The summed E-state index contributed by atoms with van der Waals surface area (Å²) in [7, 11) is 0. The van der Waals surface area contributed by atoms with Crippen molar-refractivity contribution < 1.29 is 19.5 Å². The first-order valence-electron chi connectivity index (χ1n) is 4.55. The van der Waals surface area contributed by atoms with Crippen molar-refractivity contribution in [1.29, 1.82) is 0 Å². The summed E-state index contributed by atoms with van der Waals surface area (Å²) in [5.74, 6) is -1.13. The maximum atomic E-state index is 11.0. The minimum atomic E-state index is -1.05. The van der Waals surface area contributed by atoms with Crippen LogP contribution in [0.1, 0.15) is 13.3 Å². The number of nitrogens with one attached hydrogen (secondary N) is 2. The smallest absolute Gasteiger partial charge is 0.320 e. The van der Waals surface area contributed by atoms with Gasteiger partial charge >= 0.3 is 5.97 Å². The molecule has 0 aliphatic rings. The van der Waals surface area contributed by atoms with Crippen LogP contribution in [0.2, 0.25) is 0 Å². The van der Waals surface area contributed by atoms with Gasteiger partial charge in [-0.1, -0.05) is 0 Å². The van der Waals surface area contributed by atoms with Crippen molar-refractivity contribution in [3.05, 3.63) is 0 Å². The molecular weight excluding hydrogens is 234 g/mol. The van der Waals surface area contributed by atoms with Gasteiger partial charge in [-0.05, 0) is 12.2 Å². The van der Waals surface area contributed by atoms with Gasteiger partial charge in [0.25, 0.3) is 0 Å². The maximum absolute atomic E-state index is 11.0. The molecule has 2 amide bonds. The normalized spacial score (nSPS) is 11.6. The standard InChI is InChI=1S/C8H15N3O4S/c1-5(12)10-11-7(13)4-16-3-2-6(9)8(14)15/h6H,2-4,9H2,1H3,(H,10,12)(H,11,13)(H,14,15). The average molecular weight is 249 g/mol. The molecule has 0 rings (SSSR count). The molecule has 1 unspecified atom stereocenters. The zero-order chi connectivity index (χ0) is 12.6. The Morgan fingerprint density at radius 3 is 2.50 bits per heavy atom. The Labute approximate surface area is 97.1 Å². The first-order chi connectivity index (χ1) is 7.43. The number of carbonyl (C=O) groups is 3. The number of rotatable bonds is 6. The molecule has 0 aromatic carbocycles. The molecule has 0 saturated heterocycles. The van der Waals surface area contributed by atoms with E-state index in [4.69, 9.17) is 10.8 Å². The third-order valence-electron chi connectivity index (χ3n) is 1.50. The summed E-state index contributed by atoms with van der Waals surface area (Å²) >= 11 is 1.25. The Hall–Kier alpha value is -1.28. The SMILES string of the molecule is CC(=O)NNC(=O)CSCCC(N)C(=O)O. The highest BCUT2D eigenvalue weighted by atomic mass is 32.2. The van der Waals surface area contributed by atoms with E-state index in [2.05, 4.69) is 10.9 Å². The van der Waals surface area contributed by atoms with Gasteiger partial charge in [0.1, 0.15) is 6.04 Å². The van der Waals surface area contributed by atoms with Crippen LogP contribution in [0.3, 0.4) is 0 Å². The number of nitrogens with two attached hydrogens (primary N) is 1. The third kappa shape index (κ3) is 8.06. The zero-order valence-corrected chi connectivity index (χ0v) is 9.67. The number of carbonyl (C=O) groups excluding carboxylic acids is 2. The van der Waals surface area contributed by atoms with E-state index in [0.29, 0.717) is 12.2 Å². The van der Waals surface area contributed by atoms with Gasteiger partial charge in [-0.2, -0.15) is 11.8 Å². The Balaban J connectivity index is 3.48. The summed E-state index contributed by atoms with van der Waals surface area (Å²) in [6.07, 6.45) is 0.299. The Bertz CT molecular complexity index is 272. The van der Waals surface area contributed by atoms with Crippen LogP contribution in [0.25, 0.3) is 0 Å². The molecule has 0 aromatic heterocycles. The second-order valence-corrected chi connectivity index (χ2v) is 4.12. The summed E-state index contributed by atoms with van der Waals surface area (Å²) in [5, 5.41) is 8.47. The lowest BCUT2D eigenvalue weighted by molar-refractivity contribution is -0.138. The summed E-state index contributed by atoms with van der Waals surface area (Å²) in [6, 6.07) is -0.897. The van der Waals surface area contributed by atoms with Gasteiger partial charge in [-0.15, -0.1) is 0 Å². The number of hydrogen-bond donors (Lipinski definition) is 4. The van der Waals surface area contributed by atoms with Crippen molar-refractivity contribution in [3.8, 4) is 0 Å². The van der Waals surface area contributed by atoms with Crippen LogP contribution in [0, 0.1) is 0 Å². The Kier molecular flexibility index (Phi) is 7.31. The van der Waals surface area contributed by atoms with E-state index in [1.165, 1.54) is 18.7 Å². The number of amides is 2. The van der Waals surface area contributed by atoms with Crippen molar-refractivity contribution in [2.24, 2.45) is 5.73 Å². The fourth-order valence-electron chi connectivity index (χ4n) is 0.692. The largest absolute Gasteiger partial charge is 0.480 e. The minimum Gasteiger partial charge on any atom is -0.480 e. The minimum absolute atomic E-state index is 0.145. The van der Waals surface area contributed by atoms with Crippen LogP contribution in [0.5, 0.6) is 0 Å². The molecule has 0 radical (unpaired) electrons. The number of carboxylic acids is 1. The predicted octanol–water partition coefficient (Wildman–Crippen LogP) is -1.31. The van der Waals surface area contributed by atoms with Crippen LogP contribution in [-0.4, -0.2) is 40.4 Å². The quantitative estimate of drug-likeness (QED) is 0.342. The van der Waals surface area contributed by atoms with E-state index in [1.807, 2.05) is 0 Å². The lowest BCUT2D eigenvalue weighted by atomic mass is 10.2. The zero-order valence-electron chi connectivity index (χ0n) is 8.86. The van der Waals surface area contributed by atoms with Crippen molar-refractivity contribution in [2.75, 3.05) is 11.5 Å². The molecule has 0 aliphatic heterocycles. The summed E-state index contributed by atoms with van der Waals surface area (Å²) in [6.45, 7) is 1.28. The lowest BCUT2D eigenvalue weighted by Crippen LogP contribution is -2.41. The lowest BCUT2D eigenvalue weighted by Gasteiger charge is -2.06. The third-order valence-corrected chi connectivity index (χ3v) is 2.49. The first kappa shape index (κ1) is 14.7. The van der Waals surface area contributed by atoms with Crippen LogP contribution >= 0.6 is 11.8 Å². The summed E-state index contributed by atoms with van der Waals surface area (Å²) in [5.41, 5.74) is 9.59. The van der Waals surface area contributed by atoms with Crippen LogP contribution in [-0.2, 0) is 14.4 Å². The van der Waals surface area contributed by atoms with E-state index in [0.717, 1.165) is 0 Å². The predicted molar refractivity (Wildman–Crippen MR) is 59.5 cm³/mol. The number of hydrogen-bond acceptors (Lipinski definition) is 5. The molecule has 5 N–H and O–H groups in total. The fraction of sp³-hybridized carbons (Fsp3) is 0.625. The number of hydrazine groups is 1. The fourth-order valence-corrected chi connectivity index (χ4v) is 1.51. The average Bonchev–Trinajstić information content (AvgIpc) is 2.20. The molecule has 16 heavy (non-hydrogen) atoms. The van der Waals surface area contributed by atoms with Crippen molar-refractivity contribution >= 4 is 29.5 Å². The van der Waals surface area contributed by atoms with Crippen LogP contribution in [0.4, 0.5) is 0 Å². The topological polar surface area (TPSA) is 122 Å². The van der Waals surface area contributed by atoms with E-state index in [1.54, 1.807) is 0 Å². The van der Waals surface area contributed by atoms with Crippen LogP contribution in [0.15, 0.2) is 0 Å². The van der Waals surface area contributed by atoms with Gasteiger partial charge in [0.15, 0.2) is 0 Å². The van der Waals surface area contributed by atoms with Crippen molar-refractivity contribution in [2.45, 2.75) is 19.4 Å². The van der Waals surface area contributed by atoms with Crippen molar-refractivity contribution in [3.63, 3.8) is 0 Å². The highest BCUT2D eigenvalue weighted by molar-refractivity contribution is 7.99. The van der Waals surface area contributed by atoms with Gasteiger partial charge in [0.2, 0.25) is 11.8 Å². The Morgan fingerprint density at radius 1 is 1.38 bits per heavy atom. The monoisotopic (exact) mass is 249 g/mol. The Morgan fingerprint density at radius 2 is 2.00 bits per heavy atom. The molecule has 0 aliphatic carbocycles.